The molecule has 39 heavy (non-hydrogen) atoms. The molecule has 3 aromatic rings. The van der Waals surface area contributed by atoms with Gasteiger partial charge in [0.1, 0.15) is 12.6 Å². The van der Waals surface area contributed by atoms with Gasteiger partial charge in [0.25, 0.3) is 0 Å². The van der Waals surface area contributed by atoms with Gasteiger partial charge in [0.2, 0.25) is 21.8 Å². The monoisotopic (exact) mass is 653 g/mol. The predicted octanol–water partition coefficient (Wildman–Crippen LogP) is 5.69. The van der Waals surface area contributed by atoms with E-state index in [0.29, 0.717) is 0 Å². The molecule has 0 bridgehead atoms. The molecule has 208 valence electrons. The SMILES string of the molecule is CC(C)NC(=O)C(Cc1ccccc1)N(Cc1cccc(Br)c1)C(=O)CN(c1cc(Cl)ccc1Cl)S(C)(=O)=O. The quantitative estimate of drug-likeness (QED) is 0.288. The minimum atomic E-state index is -3.95. The Morgan fingerprint density at radius 1 is 0.949 bits per heavy atom. The van der Waals surface area contributed by atoms with Crippen molar-refractivity contribution in [3.8, 4) is 0 Å². The third-order valence-corrected chi connectivity index (χ3v) is 7.97. The Bertz CT molecular complexity index is 1420. The number of halogens is 3. The molecule has 0 aliphatic carbocycles. The second-order valence-corrected chi connectivity index (χ2v) is 13.1. The molecule has 3 rings (SSSR count). The Kier molecular flexibility index (Phi) is 10.8. The molecule has 1 unspecified atom stereocenters. The smallest absolute Gasteiger partial charge is 0.244 e. The van der Waals surface area contributed by atoms with E-state index >= 15 is 0 Å². The van der Waals surface area contributed by atoms with Crippen LogP contribution in [0.5, 0.6) is 0 Å². The number of hydrogen-bond acceptors (Lipinski definition) is 4. The van der Waals surface area contributed by atoms with Crippen molar-refractivity contribution >= 4 is 66.7 Å². The van der Waals surface area contributed by atoms with E-state index in [4.69, 9.17) is 23.2 Å². The molecule has 3 aromatic carbocycles. The molecular formula is C28H30BrCl2N3O4S. The van der Waals surface area contributed by atoms with E-state index < -0.39 is 28.5 Å². The van der Waals surface area contributed by atoms with Gasteiger partial charge in [-0.05, 0) is 55.3 Å². The maximum Gasteiger partial charge on any atom is 0.244 e. The lowest BCUT2D eigenvalue weighted by molar-refractivity contribution is -0.140. The summed E-state index contributed by atoms with van der Waals surface area (Å²) in [7, 11) is -3.95. The second kappa shape index (κ2) is 13.7. The Morgan fingerprint density at radius 2 is 1.62 bits per heavy atom. The van der Waals surface area contributed by atoms with Crippen molar-refractivity contribution in [1.82, 2.24) is 10.2 Å². The third kappa shape index (κ3) is 8.96. The summed E-state index contributed by atoms with van der Waals surface area (Å²) < 4.78 is 27.5. The molecule has 0 spiro atoms. The summed E-state index contributed by atoms with van der Waals surface area (Å²) in [5, 5.41) is 3.30. The molecule has 0 saturated heterocycles. The first kappa shape index (κ1) is 30.9. The van der Waals surface area contributed by atoms with Gasteiger partial charge >= 0.3 is 0 Å². The normalized spacial score (nSPS) is 12.2. The average Bonchev–Trinajstić information content (AvgIpc) is 2.85. The van der Waals surface area contributed by atoms with Gasteiger partial charge in [-0.25, -0.2) is 8.42 Å². The number of anilines is 1. The zero-order valence-electron chi connectivity index (χ0n) is 21.8. The minimum absolute atomic E-state index is 0.0716. The molecule has 1 atom stereocenters. The standard InChI is InChI=1S/C28H30BrCl2N3O4S/c1-19(2)32-28(36)26(15-20-8-5-4-6-9-20)33(17-21-10-7-11-22(29)14-21)27(35)18-34(39(3,37)38)25-16-23(30)12-13-24(25)31/h4-14,16,19,26H,15,17-18H2,1-3H3,(H,32,36). The summed E-state index contributed by atoms with van der Waals surface area (Å²) in [6, 6.07) is 20.0. The number of rotatable bonds is 11. The first-order chi connectivity index (χ1) is 18.3. The molecule has 0 aliphatic rings. The Labute approximate surface area is 248 Å². The van der Waals surface area contributed by atoms with Crippen molar-refractivity contribution < 1.29 is 18.0 Å². The zero-order chi connectivity index (χ0) is 28.7. The van der Waals surface area contributed by atoms with Crippen molar-refractivity contribution in [2.45, 2.75) is 38.9 Å². The molecule has 2 amide bonds. The van der Waals surface area contributed by atoms with E-state index in [9.17, 15) is 18.0 Å². The van der Waals surface area contributed by atoms with Crippen LogP contribution in [0, 0.1) is 0 Å². The van der Waals surface area contributed by atoms with Gasteiger partial charge in [-0.1, -0.05) is 81.6 Å². The fourth-order valence-electron chi connectivity index (χ4n) is 4.04. The largest absolute Gasteiger partial charge is 0.352 e. The second-order valence-electron chi connectivity index (χ2n) is 9.39. The van der Waals surface area contributed by atoms with E-state index in [2.05, 4.69) is 21.2 Å². The van der Waals surface area contributed by atoms with Crippen LogP contribution in [-0.2, 0) is 32.6 Å². The van der Waals surface area contributed by atoms with Gasteiger partial charge in [-0.2, -0.15) is 0 Å². The highest BCUT2D eigenvalue weighted by atomic mass is 79.9. The fraction of sp³-hybridized carbons (Fsp3) is 0.286. The Hall–Kier alpha value is -2.59. The highest BCUT2D eigenvalue weighted by Gasteiger charge is 2.33. The van der Waals surface area contributed by atoms with Crippen molar-refractivity contribution in [3.05, 3.63) is 98.4 Å². The van der Waals surface area contributed by atoms with Gasteiger partial charge in [0, 0.05) is 28.5 Å². The van der Waals surface area contributed by atoms with Crippen LogP contribution in [0.15, 0.2) is 77.3 Å². The summed E-state index contributed by atoms with van der Waals surface area (Å²) >= 11 is 15.9. The van der Waals surface area contributed by atoms with Crippen molar-refractivity contribution in [2.75, 3.05) is 17.1 Å². The average molecular weight is 655 g/mol. The summed E-state index contributed by atoms with van der Waals surface area (Å²) in [6.45, 7) is 3.17. The first-order valence-corrected chi connectivity index (χ1v) is 15.6. The van der Waals surface area contributed by atoms with E-state index in [1.165, 1.54) is 23.1 Å². The number of carbonyl (C=O) groups excluding carboxylic acids is 2. The molecular weight excluding hydrogens is 625 g/mol. The van der Waals surface area contributed by atoms with Crippen LogP contribution in [0.4, 0.5) is 5.69 Å². The van der Waals surface area contributed by atoms with Gasteiger partial charge in [0.15, 0.2) is 0 Å². The number of nitrogens with zero attached hydrogens (tertiary/aromatic N) is 2. The van der Waals surface area contributed by atoms with Gasteiger partial charge in [0.05, 0.1) is 17.0 Å². The lowest BCUT2D eigenvalue weighted by atomic mass is 10.0. The highest BCUT2D eigenvalue weighted by Crippen LogP contribution is 2.31. The van der Waals surface area contributed by atoms with Crippen LogP contribution in [0.1, 0.15) is 25.0 Å². The molecule has 0 heterocycles. The number of carbonyl (C=O) groups is 2. The van der Waals surface area contributed by atoms with Gasteiger partial charge in [-0.3, -0.25) is 13.9 Å². The van der Waals surface area contributed by atoms with Crippen molar-refractivity contribution in [3.63, 3.8) is 0 Å². The third-order valence-electron chi connectivity index (χ3n) is 5.80. The van der Waals surface area contributed by atoms with Crippen molar-refractivity contribution in [2.24, 2.45) is 0 Å². The van der Waals surface area contributed by atoms with Crippen LogP contribution in [0.2, 0.25) is 10.0 Å². The molecule has 1 N–H and O–H groups in total. The molecule has 11 heteroatoms. The van der Waals surface area contributed by atoms with Crippen molar-refractivity contribution in [1.29, 1.82) is 0 Å². The molecule has 0 radical (unpaired) electrons. The van der Waals surface area contributed by atoms with E-state index in [0.717, 1.165) is 26.2 Å². The van der Waals surface area contributed by atoms with E-state index in [1.807, 2.05) is 68.4 Å². The Morgan fingerprint density at radius 3 is 2.23 bits per heavy atom. The van der Waals surface area contributed by atoms with Crippen LogP contribution < -0.4 is 9.62 Å². The number of nitrogens with one attached hydrogen (secondary N) is 1. The van der Waals surface area contributed by atoms with Gasteiger partial charge in [-0.15, -0.1) is 0 Å². The van der Waals surface area contributed by atoms with E-state index in [-0.39, 0.29) is 40.6 Å². The summed E-state index contributed by atoms with van der Waals surface area (Å²) in [5.41, 5.74) is 1.69. The molecule has 7 nitrogen and oxygen atoms in total. The fourth-order valence-corrected chi connectivity index (χ4v) is 5.77. The minimum Gasteiger partial charge on any atom is -0.352 e. The van der Waals surface area contributed by atoms with Gasteiger partial charge < -0.3 is 10.2 Å². The number of sulfonamides is 1. The van der Waals surface area contributed by atoms with Crippen LogP contribution >= 0.6 is 39.1 Å². The summed E-state index contributed by atoms with van der Waals surface area (Å²) in [4.78, 5) is 29.0. The van der Waals surface area contributed by atoms with Crippen LogP contribution in [-0.4, -0.2) is 50.0 Å². The molecule has 0 aromatic heterocycles. The topological polar surface area (TPSA) is 86.8 Å². The number of amides is 2. The molecule has 0 fully saturated rings. The lowest BCUT2D eigenvalue weighted by Crippen LogP contribution is -2.54. The molecule has 0 aliphatic heterocycles. The summed E-state index contributed by atoms with van der Waals surface area (Å²) in [5.74, 6) is -0.917. The maximum atomic E-state index is 14.0. The predicted molar refractivity (Wildman–Crippen MR) is 161 cm³/mol. The number of hydrogen-bond donors (Lipinski definition) is 1. The maximum absolute atomic E-state index is 14.0. The van der Waals surface area contributed by atoms with Crippen LogP contribution in [0.25, 0.3) is 0 Å². The highest BCUT2D eigenvalue weighted by molar-refractivity contribution is 9.10. The number of benzene rings is 3. The zero-order valence-corrected chi connectivity index (χ0v) is 25.7. The lowest BCUT2D eigenvalue weighted by Gasteiger charge is -2.34. The summed E-state index contributed by atoms with van der Waals surface area (Å²) in [6.07, 6.45) is 1.22. The first-order valence-electron chi connectivity index (χ1n) is 12.2. The molecule has 0 saturated carbocycles. The van der Waals surface area contributed by atoms with E-state index in [1.54, 1.807) is 0 Å². The Balaban J connectivity index is 2.08. The van der Waals surface area contributed by atoms with Crippen LogP contribution in [0.3, 0.4) is 0 Å².